The van der Waals surface area contributed by atoms with E-state index in [-0.39, 0.29) is 11.9 Å². The van der Waals surface area contributed by atoms with Crippen molar-refractivity contribution < 1.29 is 18.0 Å². The molecule has 1 unspecified atom stereocenters. The molecular formula is C18H18BrF3N2OS. The molecule has 3 nitrogen and oxygen atoms in total. The van der Waals surface area contributed by atoms with Crippen molar-refractivity contribution in [2.75, 3.05) is 13.1 Å². The molecular weight excluding hydrogens is 429 g/mol. The predicted molar refractivity (Wildman–Crippen MR) is 98.9 cm³/mol. The van der Waals surface area contributed by atoms with Crippen molar-refractivity contribution in [3.05, 3.63) is 56.2 Å². The standard InChI is InChI=1S/C18H18BrF3N2OS/c19-14-8-15(26-11-14)9-23-16(10-24-6-2-5-17(24)25)12-3-1-4-13(7-12)18(20,21)22/h1,3-4,7-8,11,16,23H,2,5-6,9-10H2. The molecule has 140 valence electrons. The van der Waals surface area contributed by atoms with E-state index in [1.807, 2.05) is 11.4 Å². The SMILES string of the molecule is O=C1CCCN1CC(NCc1cc(Br)cs1)c1cccc(C(F)(F)F)c1. The first-order chi connectivity index (χ1) is 12.3. The molecule has 1 aromatic carbocycles. The lowest BCUT2D eigenvalue weighted by atomic mass is 10.0. The van der Waals surface area contributed by atoms with E-state index in [0.717, 1.165) is 21.8 Å². The lowest BCUT2D eigenvalue weighted by Gasteiger charge is -2.25. The monoisotopic (exact) mass is 446 g/mol. The number of halogens is 4. The van der Waals surface area contributed by atoms with Crippen molar-refractivity contribution in [2.24, 2.45) is 0 Å². The lowest BCUT2D eigenvalue weighted by Crippen LogP contribution is -2.35. The maximum atomic E-state index is 13.1. The quantitative estimate of drug-likeness (QED) is 0.678. The van der Waals surface area contributed by atoms with Crippen molar-refractivity contribution in [3.8, 4) is 0 Å². The van der Waals surface area contributed by atoms with Gasteiger partial charge in [-0.25, -0.2) is 0 Å². The third kappa shape index (κ3) is 4.86. The van der Waals surface area contributed by atoms with Gasteiger partial charge in [-0.05, 0) is 46.1 Å². The Bertz CT molecular complexity index is 778. The van der Waals surface area contributed by atoms with E-state index in [1.54, 1.807) is 22.3 Å². The zero-order valence-corrected chi connectivity index (χ0v) is 16.3. The highest BCUT2D eigenvalue weighted by Gasteiger charge is 2.31. The van der Waals surface area contributed by atoms with Crippen LogP contribution in [0.5, 0.6) is 0 Å². The molecule has 1 aliphatic heterocycles. The number of likely N-dealkylation sites (tertiary alicyclic amines) is 1. The first kappa shape index (κ1) is 19.4. The Balaban J connectivity index is 1.80. The number of benzene rings is 1. The van der Waals surface area contributed by atoms with Crippen LogP contribution < -0.4 is 5.32 Å². The Hall–Kier alpha value is -1.38. The lowest BCUT2D eigenvalue weighted by molar-refractivity contribution is -0.137. The van der Waals surface area contributed by atoms with Gasteiger partial charge in [-0.15, -0.1) is 11.3 Å². The van der Waals surface area contributed by atoms with Crippen molar-refractivity contribution in [3.63, 3.8) is 0 Å². The van der Waals surface area contributed by atoms with Gasteiger partial charge in [-0.3, -0.25) is 4.79 Å². The highest BCUT2D eigenvalue weighted by molar-refractivity contribution is 9.10. The maximum absolute atomic E-state index is 13.1. The molecule has 2 heterocycles. The fourth-order valence-electron chi connectivity index (χ4n) is 3.01. The number of alkyl halides is 3. The van der Waals surface area contributed by atoms with Gasteiger partial charge in [-0.2, -0.15) is 13.2 Å². The van der Waals surface area contributed by atoms with Gasteiger partial charge in [0.2, 0.25) is 5.91 Å². The number of carbonyl (C=O) groups is 1. The van der Waals surface area contributed by atoms with Crippen LogP contribution in [0.25, 0.3) is 0 Å². The molecule has 1 saturated heterocycles. The summed E-state index contributed by atoms with van der Waals surface area (Å²) in [6, 6.07) is 6.95. The van der Waals surface area contributed by atoms with Crippen LogP contribution in [0.4, 0.5) is 13.2 Å². The van der Waals surface area contributed by atoms with Crippen LogP contribution in [-0.4, -0.2) is 23.9 Å². The number of rotatable bonds is 6. The average molecular weight is 447 g/mol. The van der Waals surface area contributed by atoms with Crippen molar-refractivity contribution >= 4 is 33.2 Å². The van der Waals surface area contributed by atoms with Crippen molar-refractivity contribution in [1.82, 2.24) is 10.2 Å². The van der Waals surface area contributed by atoms with Crippen LogP contribution in [0.1, 0.15) is 34.9 Å². The highest BCUT2D eigenvalue weighted by Crippen LogP contribution is 2.31. The number of carbonyl (C=O) groups excluding carboxylic acids is 1. The molecule has 2 aromatic rings. The van der Waals surface area contributed by atoms with E-state index in [9.17, 15) is 18.0 Å². The normalized spacial score (nSPS) is 16.3. The van der Waals surface area contributed by atoms with Crippen LogP contribution in [0.2, 0.25) is 0 Å². The van der Waals surface area contributed by atoms with E-state index in [1.165, 1.54) is 12.1 Å². The van der Waals surface area contributed by atoms with E-state index < -0.39 is 11.7 Å². The first-order valence-corrected chi connectivity index (χ1v) is 9.91. The van der Waals surface area contributed by atoms with Gasteiger partial charge in [0.1, 0.15) is 0 Å². The summed E-state index contributed by atoms with van der Waals surface area (Å²) in [5.41, 5.74) is -0.136. The number of thiophene rings is 1. The predicted octanol–water partition coefficient (Wildman–Crippen LogP) is 4.98. The average Bonchev–Trinajstić information content (AvgIpc) is 3.19. The molecule has 8 heteroatoms. The van der Waals surface area contributed by atoms with Crippen LogP contribution in [0.3, 0.4) is 0 Å². The zero-order chi connectivity index (χ0) is 18.7. The Morgan fingerprint density at radius 2 is 2.12 bits per heavy atom. The molecule has 0 radical (unpaired) electrons. The Morgan fingerprint density at radius 1 is 1.31 bits per heavy atom. The molecule has 0 aliphatic carbocycles. The molecule has 1 aliphatic rings. The molecule has 0 spiro atoms. The Kier molecular flexibility index (Phi) is 6.04. The van der Waals surface area contributed by atoms with Crippen LogP contribution >= 0.6 is 27.3 Å². The third-order valence-electron chi connectivity index (χ3n) is 4.34. The Morgan fingerprint density at radius 3 is 2.73 bits per heavy atom. The summed E-state index contributed by atoms with van der Waals surface area (Å²) in [5.74, 6) is 0.0580. The smallest absolute Gasteiger partial charge is 0.341 e. The molecule has 1 fully saturated rings. The summed E-state index contributed by atoms with van der Waals surface area (Å²) in [6.07, 6.45) is -3.08. The molecule has 1 atom stereocenters. The summed E-state index contributed by atoms with van der Waals surface area (Å²) in [4.78, 5) is 14.8. The van der Waals surface area contributed by atoms with E-state index in [2.05, 4.69) is 21.2 Å². The fourth-order valence-corrected chi connectivity index (χ4v) is 4.41. The number of nitrogens with zero attached hydrogens (tertiary/aromatic N) is 1. The number of hydrogen-bond acceptors (Lipinski definition) is 3. The molecule has 1 N–H and O–H groups in total. The summed E-state index contributed by atoms with van der Waals surface area (Å²) >= 11 is 4.97. The summed E-state index contributed by atoms with van der Waals surface area (Å²) in [6.45, 7) is 1.55. The van der Waals surface area contributed by atoms with Crippen LogP contribution in [0.15, 0.2) is 40.2 Å². The van der Waals surface area contributed by atoms with Crippen molar-refractivity contribution in [2.45, 2.75) is 31.6 Å². The topological polar surface area (TPSA) is 32.3 Å². The van der Waals surface area contributed by atoms with Crippen LogP contribution in [-0.2, 0) is 17.5 Å². The van der Waals surface area contributed by atoms with Gasteiger partial charge < -0.3 is 10.2 Å². The summed E-state index contributed by atoms with van der Waals surface area (Å²) in [7, 11) is 0. The number of hydrogen-bond donors (Lipinski definition) is 1. The van der Waals surface area contributed by atoms with Gasteiger partial charge in [0, 0.05) is 40.8 Å². The minimum atomic E-state index is -4.39. The molecule has 0 saturated carbocycles. The maximum Gasteiger partial charge on any atom is 0.416 e. The number of nitrogens with one attached hydrogen (secondary N) is 1. The van der Waals surface area contributed by atoms with E-state index in [0.29, 0.717) is 31.6 Å². The first-order valence-electron chi connectivity index (χ1n) is 8.24. The molecule has 0 bridgehead atoms. The van der Waals surface area contributed by atoms with Gasteiger partial charge in [0.15, 0.2) is 0 Å². The molecule has 3 rings (SSSR count). The van der Waals surface area contributed by atoms with E-state index in [4.69, 9.17) is 0 Å². The minimum absolute atomic E-state index is 0.0580. The Labute approximate surface area is 162 Å². The third-order valence-corrected chi connectivity index (χ3v) is 6.03. The summed E-state index contributed by atoms with van der Waals surface area (Å²) in [5, 5.41) is 5.28. The van der Waals surface area contributed by atoms with Gasteiger partial charge in [-0.1, -0.05) is 12.1 Å². The minimum Gasteiger partial charge on any atom is -0.341 e. The molecule has 1 aromatic heterocycles. The van der Waals surface area contributed by atoms with Gasteiger partial charge >= 0.3 is 6.18 Å². The number of amides is 1. The van der Waals surface area contributed by atoms with Gasteiger partial charge in [0.25, 0.3) is 0 Å². The second-order valence-electron chi connectivity index (χ2n) is 6.23. The fraction of sp³-hybridized carbons (Fsp3) is 0.389. The second kappa shape index (κ2) is 8.10. The van der Waals surface area contributed by atoms with E-state index >= 15 is 0 Å². The zero-order valence-electron chi connectivity index (χ0n) is 13.9. The second-order valence-corrected chi connectivity index (χ2v) is 8.14. The summed E-state index contributed by atoms with van der Waals surface area (Å²) < 4.78 is 40.2. The highest BCUT2D eigenvalue weighted by atomic mass is 79.9. The van der Waals surface area contributed by atoms with Crippen LogP contribution in [0, 0.1) is 0 Å². The molecule has 1 amide bonds. The van der Waals surface area contributed by atoms with Gasteiger partial charge in [0.05, 0.1) is 11.6 Å². The van der Waals surface area contributed by atoms with Crippen molar-refractivity contribution in [1.29, 1.82) is 0 Å². The molecule has 26 heavy (non-hydrogen) atoms. The largest absolute Gasteiger partial charge is 0.416 e.